The molecule has 4 aromatic rings. The van der Waals surface area contributed by atoms with Gasteiger partial charge in [-0.25, -0.2) is 4.79 Å². The fourth-order valence-corrected chi connectivity index (χ4v) is 4.11. The molecule has 0 radical (unpaired) electrons. The van der Waals surface area contributed by atoms with Crippen molar-refractivity contribution < 1.29 is 9.53 Å². The number of nitrogens with one attached hydrogen (secondary N) is 2. The number of H-pyrrole nitrogens is 1. The molecule has 31 heavy (non-hydrogen) atoms. The molecule has 0 atom stereocenters. The summed E-state index contributed by atoms with van der Waals surface area (Å²) in [4.78, 5) is 12.2. The molecular weight excluding hydrogens is 386 g/mol. The minimum absolute atomic E-state index is 0.0633. The van der Waals surface area contributed by atoms with E-state index < -0.39 is 6.09 Å². The highest BCUT2D eigenvalue weighted by Gasteiger charge is 2.28. The molecule has 5 heteroatoms. The highest BCUT2D eigenvalue weighted by atomic mass is 16.5. The average Bonchev–Trinajstić information content (AvgIpc) is 3.41. The van der Waals surface area contributed by atoms with E-state index >= 15 is 0 Å². The lowest BCUT2D eigenvalue weighted by Crippen LogP contribution is -2.26. The van der Waals surface area contributed by atoms with Crippen LogP contribution in [0, 0.1) is 11.8 Å². The van der Waals surface area contributed by atoms with Crippen molar-refractivity contribution in [3.8, 4) is 23.0 Å². The van der Waals surface area contributed by atoms with Gasteiger partial charge in [-0.1, -0.05) is 66.4 Å². The molecule has 152 valence electrons. The summed E-state index contributed by atoms with van der Waals surface area (Å²) >= 11 is 0. The molecule has 1 heterocycles. The molecule has 3 aromatic carbocycles. The number of benzene rings is 3. The van der Waals surface area contributed by atoms with Gasteiger partial charge in [0.25, 0.3) is 0 Å². The Morgan fingerprint density at radius 2 is 1.74 bits per heavy atom. The Bertz CT molecular complexity index is 1270. The van der Waals surface area contributed by atoms with Gasteiger partial charge in [-0.2, -0.15) is 5.10 Å². The molecule has 5 nitrogen and oxygen atoms in total. The molecule has 0 fully saturated rings. The Balaban J connectivity index is 1.15. The van der Waals surface area contributed by atoms with E-state index in [0.29, 0.717) is 19.6 Å². The first-order chi connectivity index (χ1) is 15.3. The summed E-state index contributed by atoms with van der Waals surface area (Å²) in [6.45, 7) is 0.749. The van der Waals surface area contributed by atoms with Crippen LogP contribution in [-0.4, -0.2) is 29.4 Å². The van der Waals surface area contributed by atoms with Gasteiger partial charge in [0.05, 0.1) is 11.7 Å². The van der Waals surface area contributed by atoms with E-state index in [-0.39, 0.29) is 5.92 Å². The first kappa shape index (κ1) is 19.0. The van der Waals surface area contributed by atoms with Crippen molar-refractivity contribution in [2.45, 2.75) is 12.3 Å². The standard InChI is InChI=1S/C26H21N3O2/c30-26(27-15-6-5-8-18-9-7-14-25-23(18)16-28-29-25)31-17-24-21-12-3-1-10-19(21)20-11-2-4-13-22(20)24/h1-4,7,9-14,16,24H,6,15,17H2,(H,27,30)(H,28,29). The minimum Gasteiger partial charge on any atom is -0.449 e. The van der Waals surface area contributed by atoms with E-state index in [1.54, 1.807) is 6.20 Å². The van der Waals surface area contributed by atoms with E-state index in [4.69, 9.17) is 4.74 Å². The van der Waals surface area contributed by atoms with E-state index in [9.17, 15) is 4.79 Å². The Labute approximate surface area is 180 Å². The largest absolute Gasteiger partial charge is 0.449 e. The van der Waals surface area contributed by atoms with E-state index in [1.165, 1.54) is 22.3 Å². The molecule has 1 amide bonds. The van der Waals surface area contributed by atoms with Gasteiger partial charge in [-0.3, -0.25) is 5.10 Å². The molecule has 0 spiro atoms. The van der Waals surface area contributed by atoms with E-state index in [1.807, 2.05) is 42.5 Å². The number of alkyl carbamates (subject to hydrolysis) is 1. The predicted molar refractivity (Wildman–Crippen MR) is 121 cm³/mol. The maximum absolute atomic E-state index is 12.2. The maximum Gasteiger partial charge on any atom is 0.407 e. The van der Waals surface area contributed by atoms with Crippen molar-refractivity contribution in [2.75, 3.05) is 13.2 Å². The zero-order valence-corrected chi connectivity index (χ0v) is 16.9. The van der Waals surface area contributed by atoms with Gasteiger partial charge in [0.2, 0.25) is 0 Å². The summed E-state index contributed by atoms with van der Waals surface area (Å²) in [5, 5.41) is 10.8. The second kappa shape index (κ2) is 8.37. The summed E-state index contributed by atoms with van der Waals surface area (Å²) in [6.07, 6.45) is 1.90. The highest BCUT2D eigenvalue weighted by molar-refractivity contribution is 5.84. The third-order valence-corrected chi connectivity index (χ3v) is 5.57. The number of carbonyl (C=O) groups excluding carboxylic acids is 1. The predicted octanol–water partition coefficient (Wildman–Crippen LogP) is 4.84. The highest BCUT2D eigenvalue weighted by Crippen LogP contribution is 2.44. The molecule has 2 N–H and O–H groups in total. The molecule has 0 saturated heterocycles. The number of aromatic amines is 1. The molecule has 1 aromatic heterocycles. The van der Waals surface area contributed by atoms with Gasteiger partial charge in [0.1, 0.15) is 6.61 Å². The van der Waals surface area contributed by atoms with Crippen molar-refractivity contribution >= 4 is 17.0 Å². The van der Waals surface area contributed by atoms with Crippen molar-refractivity contribution in [1.29, 1.82) is 0 Å². The fourth-order valence-electron chi connectivity index (χ4n) is 4.11. The van der Waals surface area contributed by atoms with Crippen LogP contribution in [0.2, 0.25) is 0 Å². The van der Waals surface area contributed by atoms with Gasteiger partial charge >= 0.3 is 6.09 Å². The smallest absolute Gasteiger partial charge is 0.407 e. The molecule has 0 unspecified atom stereocenters. The lowest BCUT2D eigenvalue weighted by Gasteiger charge is -2.14. The third-order valence-electron chi connectivity index (χ3n) is 5.57. The molecular formula is C26H21N3O2. The number of aromatic nitrogens is 2. The number of nitrogens with zero attached hydrogens (tertiary/aromatic N) is 1. The lowest BCUT2D eigenvalue weighted by atomic mass is 9.98. The zero-order chi connectivity index (χ0) is 21.0. The van der Waals surface area contributed by atoms with Gasteiger partial charge in [-0.15, -0.1) is 0 Å². The quantitative estimate of drug-likeness (QED) is 0.376. The summed E-state index contributed by atoms with van der Waals surface area (Å²) in [6, 6.07) is 22.5. The average molecular weight is 407 g/mol. The van der Waals surface area contributed by atoms with Crippen LogP contribution >= 0.6 is 0 Å². The summed E-state index contributed by atoms with van der Waals surface area (Å²) in [7, 11) is 0. The monoisotopic (exact) mass is 407 g/mol. The molecule has 1 aliphatic carbocycles. The van der Waals surface area contributed by atoms with Crippen molar-refractivity contribution in [3.63, 3.8) is 0 Å². The van der Waals surface area contributed by atoms with Crippen molar-refractivity contribution in [2.24, 2.45) is 0 Å². The van der Waals surface area contributed by atoms with Crippen LogP contribution in [-0.2, 0) is 4.74 Å². The topological polar surface area (TPSA) is 67.0 Å². The molecule has 5 rings (SSSR count). The minimum atomic E-state index is -0.416. The molecule has 1 aliphatic rings. The molecule has 0 aliphatic heterocycles. The van der Waals surface area contributed by atoms with E-state index in [0.717, 1.165) is 16.5 Å². The number of hydrogen-bond acceptors (Lipinski definition) is 3. The molecule has 0 saturated carbocycles. The third kappa shape index (κ3) is 3.76. The number of hydrogen-bond donors (Lipinski definition) is 2. The number of amides is 1. The summed E-state index contributed by atoms with van der Waals surface area (Å²) in [5.41, 5.74) is 6.73. The fraction of sp³-hybridized carbons (Fsp3) is 0.154. The summed E-state index contributed by atoms with van der Waals surface area (Å²) in [5.74, 6) is 6.31. The number of carbonyl (C=O) groups is 1. The first-order valence-electron chi connectivity index (χ1n) is 10.3. The van der Waals surface area contributed by atoms with Gasteiger partial charge < -0.3 is 10.1 Å². The normalized spacial score (nSPS) is 12.0. The van der Waals surface area contributed by atoms with Crippen LogP contribution < -0.4 is 5.32 Å². The van der Waals surface area contributed by atoms with Crippen LogP contribution in [0.5, 0.6) is 0 Å². The van der Waals surface area contributed by atoms with Crippen LogP contribution in [0.3, 0.4) is 0 Å². The Kier molecular flexibility index (Phi) is 5.12. The first-order valence-corrected chi connectivity index (χ1v) is 10.3. The van der Waals surface area contributed by atoms with Crippen LogP contribution in [0.15, 0.2) is 72.9 Å². The lowest BCUT2D eigenvalue weighted by molar-refractivity contribution is 0.143. The summed E-state index contributed by atoms with van der Waals surface area (Å²) < 4.78 is 5.54. The maximum atomic E-state index is 12.2. The SMILES string of the molecule is O=C(NCCC#Cc1cccc2[nH]ncc12)OCC1c2ccccc2-c2ccccc21. The van der Waals surface area contributed by atoms with Crippen molar-refractivity contribution in [1.82, 2.24) is 15.5 Å². The Morgan fingerprint density at radius 1 is 1.00 bits per heavy atom. The van der Waals surface area contributed by atoms with Gasteiger partial charge in [-0.05, 0) is 34.4 Å². The zero-order valence-electron chi connectivity index (χ0n) is 16.9. The van der Waals surface area contributed by atoms with E-state index in [2.05, 4.69) is 51.6 Å². The second-order valence-corrected chi connectivity index (χ2v) is 7.44. The Morgan fingerprint density at radius 3 is 2.52 bits per heavy atom. The molecule has 0 bridgehead atoms. The van der Waals surface area contributed by atoms with Crippen molar-refractivity contribution in [3.05, 3.63) is 89.6 Å². The van der Waals surface area contributed by atoms with Gasteiger partial charge in [0.15, 0.2) is 0 Å². The Hall–Kier alpha value is -4.04. The van der Waals surface area contributed by atoms with Crippen LogP contribution in [0.4, 0.5) is 4.79 Å². The number of rotatable bonds is 4. The number of ether oxygens (including phenoxy) is 1. The van der Waals surface area contributed by atoms with Gasteiger partial charge in [0, 0.05) is 29.8 Å². The van der Waals surface area contributed by atoms with Crippen LogP contribution in [0.1, 0.15) is 29.0 Å². The second-order valence-electron chi connectivity index (χ2n) is 7.44. The number of fused-ring (bicyclic) bond motifs is 4. The van der Waals surface area contributed by atoms with Crippen LogP contribution in [0.25, 0.3) is 22.0 Å².